The van der Waals surface area contributed by atoms with Crippen LogP contribution < -0.4 is 11.1 Å². The second kappa shape index (κ2) is 7.31. The van der Waals surface area contributed by atoms with Crippen LogP contribution in [0, 0.1) is 5.92 Å². The molecule has 0 spiro atoms. The molecule has 0 aromatic heterocycles. The van der Waals surface area contributed by atoms with Crippen LogP contribution in [0.4, 0.5) is 0 Å². The number of rotatable bonds is 6. The Bertz CT molecular complexity index is 352. The molecule has 3 N–H and O–H groups in total. The van der Waals surface area contributed by atoms with Crippen molar-refractivity contribution in [1.29, 1.82) is 0 Å². The van der Waals surface area contributed by atoms with Crippen LogP contribution in [0.3, 0.4) is 0 Å². The first-order valence-corrected chi connectivity index (χ1v) is 8.85. The summed E-state index contributed by atoms with van der Waals surface area (Å²) >= 11 is 1.70. The number of thioether (sulfide) groups is 1. The van der Waals surface area contributed by atoms with Gasteiger partial charge in [-0.25, -0.2) is 0 Å². The largest absolute Gasteiger partial charge is 0.352 e. The number of hydrogen-bond donors (Lipinski definition) is 2. The maximum Gasteiger partial charge on any atom is 0.237 e. The highest BCUT2D eigenvalue weighted by molar-refractivity contribution is 7.98. The van der Waals surface area contributed by atoms with Gasteiger partial charge in [-0.3, -0.25) is 9.59 Å². The lowest BCUT2D eigenvalue weighted by Gasteiger charge is -2.33. The molecule has 0 aromatic carbocycles. The van der Waals surface area contributed by atoms with Crippen molar-refractivity contribution >= 4 is 23.6 Å². The average Bonchev–Trinajstić information content (AvgIpc) is 3.29. The summed E-state index contributed by atoms with van der Waals surface area (Å²) in [6, 6.07) is -0.236. The first-order chi connectivity index (χ1) is 9.61. The Kier molecular flexibility index (Phi) is 5.72. The number of carbonyl (C=O) groups excluding carboxylic acids is 2. The SMILES string of the molecule is CSCC[C@H](N)C(=O)NC1CCN(C(=O)C2CC2)CC1. The molecular formula is C14H25N3O2S. The second-order valence-corrected chi connectivity index (χ2v) is 6.76. The van der Waals surface area contributed by atoms with Gasteiger partial charge in [-0.2, -0.15) is 11.8 Å². The van der Waals surface area contributed by atoms with Gasteiger partial charge in [0.25, 0.3) is 0 Å². The van der Waals surface area contributed by atoms with Crippen LogP contribution in [0.15, 0.2) is 0 Å². The maximum absolute atomic E-state index is 11.9. The van der Waals surface area contributed by atoms with Crippen molar-refractivity contribution in [1.82, 2.24) is 10.2 Å². The van der Waals surface area contributed by atoms with Crippen LogP contribution in [-0.4, -0.2) is 53.9 Å². The van der Waals surface area contributed by atoms with Crippen LogP contribution in [0.25, 0.3) is 0 Å². The van der Waals surface area contributed by atoms with Crippen molar-refractivity contribution in [2.45, 2.75) is 44.2 Å². The summed E-state index contributed by atoms with van der Waals surface area (Å²) in [5, 5.41) is 3.02. The van der Waals surface area contributed by atoms with Crippen molar-refractivity contribution in [2.24, 2.45) is 11.7 Å². The van der Waals surface area contributed by atoms with Gasteiger partial charge in [0.15, 0.2) is 0 Å². The van der Waals surface area contributed by atoms with Gasteiger partial charge < -0.3 is 16.0 Å². The van der Waals surface area contributed by atoms with Crippen LogP contribution in [0.5, 0.6) is 0 Å². The molecule has 1 aliphatic carbocycles. The molecule has 1 atom stereocenters. The number of carbonyl (C=O) groups is 2. The molecule has 2 fully saturated rings. The third-order valence-corrected chi connectivity index (χ3v) is 4.69. The summed E-state index contributed by atoms with van der Waals surface area (Å²) in [5.74, 6) is 1.46. The van der Waals surface area contributed by atoms with Gasteiger partial charge in [0.05, 0.1) is 6.04 Å². The van der Waals surface area contributed by atoms with E-state index in [-0.39, 0.29) is 11.9 Å². The number of likely N-dealkylation sites (tertiary alicyclic amines) is 1. The summed E-state index contributed by atoms with van der Waals surface area (Å²) in [5.41, 5.74) is 5.85. The van der Waals surface area contributed by atoms with Crippen LogP contribution in [-0.2, 0) is 9.59 Å². The molecule has 2 aliphatic rings. The predicted molar refractivity (Wildman–Crippen MR) is 81.4 cm³/mol. The number of nitrogens with one attached hydrogen (secondary N) is 1. The van der Waals surface area contributed by atoms with E-state index in [4.69, 9.17) is 5.73 Å². The third kappa shape index (κ3) is 4.38. The lowest BCUT2D eigenvalue weighted by Crippen LogP contribution is -2.50. The van der Waals surface area contributed by atoms with Crippen LogP contribution in [0.2, 0.25) is 0 Å². The molecule has 20 heavy (non-hydrogen) atoms. The van der Waals surface area contributed by atoms with Gasteiger partial charge in [0.1, 0.15) is 0 Å². The zero-order valence-electron chi connectivity index (χ0n) is 12.1. The Morgan fingerprint density at radius 1 is 1.30 bits per heavy atom. The molecule has 1 aliphatic heterocycles. The number of hydrogen-bond acceptors (Lipinski definition) is 4. The van der Waals surface area contributed by atoms with Gasteiger partial charge >= 0.3 is 0 Å². The standard InChI is InChI=1S/C14H25N3O2S/c1-20-9-6-12(15)13(18)16-11-4-7-17(8-5-11)14(19)10-2-3-10/h10-12H,2-9,15H2,1H3,(H,16,18)/t12-/m0/s1. The molecule has 0 bridgehead atoms. The Hall–Kier alpha value is -0.750. The molecule has 1 heterocycles. The van der Waals surface area contributed by atoms with E-state index in [0.717, 1.165) is 44.5 Å². The van der Waals surface area contributed by atoms with E-state index in [1.54, 1.807) is 11.8 Å². The highest BCUT2D eigenvalue weighted by Crippen LogP contribution is 2.31. The lowest BCUT2D eigenvalue weighted by molar-refractivity contribution is -0.133. The Labute approximate surface area is 125 Å². The molecule has 1 saturated heterocycles. The molecule has 0 aromatic rings. The van der Waals surface area contributed by atoms with Crippen LogP contribution >= 0.6 is 11.8 Å². The van der Waals surface area contributed by atoms with E-state index in [1.165, 1.54) is 0 Å². The molecule has 0 radical (unpaired) electrons. The summed E-state index contributed by atoms with van der Waals surface area (Å²) < 4.78 is 0. The van der Waals surface area contributed by atoms with Gasteiger partial charge in [0, 0.05) is 25.0 Å². The molecule has 2 amide bonds. The van der Waals surface area contributed by atoms with E-state index in [2.05, 4.69) is 5.32 Å². The summed E-state index contributed by atoms with van der Waals surface area (Å²) in [4.78, 5) is 25.8. The minimum Gasteiger partial charge on any atom is -0.352 e. The number of piperidine rings is 1. The molecule has 5 nitrogen and oxygen atoms in total. The van der Waals surface area contributed by atoms with Crippen LogP contribution in [0.1, 0.15) is 32.1 Å². The zero-order chi connectivity index (χ0) is 14.5. The molecule has 6 heteroatoms. The Balaban J connectivity index is 1.68. The molecule has 1 saturated carbocycles. The monoisotopic (exact) mass is 299 g/mol. The number of amides is 2. The molecule has 0 unspecified atom stereocenters. The Morgan fingerprint density at radius 2 is 1.95 bits per heavy atom. The molecule has 114 valence electrons. The first kappa shape index (κ1) is 15.6. The lowest BCUT2D eigenvalue weighted by atomic mass is 10.0. The minimum absolute atomic E-state index is 0.0500. The topological polar surface area (TPSA) is 75.4 Å². The summed E-state index contributed by atoms with van der Waals surface area (Å²) in [6.07, 6.45) is 6.53. The fourth-order valence-electron chi connectivity index (χ4n) is 2.52. The van der Waals surface area contributed by atoms with E-state index in [0.29, 0.717) is 18.2 Å². The number of nitrogens with two attached hydrogens (primary N) is 1. The number of nitrogens with zero attached hydrogens (tertiary/aromatic N) is 1. The van der Waals surface area contributed by atoms with Gasteiger partial charge in [-0.15, -0.1) is 0 Å². The van der Waals surface area contributed by atoms with Crippen molar-refractivity contribution in [3.05, 3.63) is 0 Å². The van der Waals surface area contributed by atoms with Gasteiger partial charge in [-0.05, 0) is 44.1 Å². The maximum atomic E-state index is 11.9. The minimum atomic E-state index is -0.409. The van der Waals surface area contributed by atoms with Crippen molar-refractivity contribution in [3.63, 3.8) is 0 Å². The van der Waals surface area contributed by atoms with Crippen molar-refractivity contribution in [3.8, 4) is 0 Å². The van der Waals surface area contributed by atoms with E-state index < -0.39 is 6.04 Å². The van der Waals surface area contributed by atoms with E-state index >= 15 is 0 Å². The third-order valence-electron chi connectivity index (χ3n) is 4.05. The normalized spacial score (nSPS) is 21.6. The fourth-order valence-corrected chi connectivity index (χ4v) is 3.01. The first-order valence-electron chi connectivity index (χ1n) is 7.45. The van der Waals surface area contributed by atoms with E-state index in [1.807, 2.05) is 11.2 Å². The van der Waals surface area contributed by atoms with Crippen molar-refractivity contribution in [2.75, 3.05) is 25.1 Å². The highest BCUT2D eigenvalue weighted by atomic mass is 32.2. The summed E-state index contributed by atoms with van der Waals surface area (Å²) in [6.45, 7) is 1.53. The van der Waals surface area contributed by atoms with Gasteiger partial charge in [-0.1, -0.05) is 0 Å². The Morgan fingerprint density at radius 3 is 2.50 bits per heavy atom. The molecule has 2 rings (SSSR count). The quantitative estimate of drug-likeness (QED) is 0.752. The van der Waals surface area contributed by atoms with Crippen molar-refractivity contribution < 1.29 is 9.59 Å². The second-order valence-electron chi connectivity index (χ2n) is 5.77. The average molecular weight is 299 g/mol. The predicted octanol–water partition coefficient (Wildman–Crippen LogP) is 0.584. The molecular weight excluding hydrogens is 274 g/mol. The highest BCUT2D eigenvalue weighted by Gasteiger charge is 2.35. The van der Waals surface area contributed by atoms with E-state index in [9.17, 15) is 9.59 Å². The fraction of sp³-hybridized carbons (Fsp3) is 0.857. The zero-order valence-corrected chi connectivity index (χ0v) is 13.0. The summed E-state index contributed by atoms with van der Waals surface area (Å²) in [7, 11) is 0. The van der Waals surface area contributed by atoms with Gasteiger partial charge in [0.2, 0.25) is 11.8 Å². The smallest absolute Gasteiger partial charge is 0.237 e.